The Kier molecular flexibility index (Phi) is 9.33. The Balaban J connectivity index is 0.00000256. The molecule has 0 radical (unpaired) electrons. The van der Waals surface area contributed by atoms with Crippen molar-refractivity contribution in [3.63, 3.8) is 0 Å². The van der Waals surface area contributed by atoms with Gasteiger partial charge in [-0.1, -0.05) is 31.4 Å². The molecule has 2 nitrogen and oxygen atoms in total. The van der Waals surface area contributed by atoms with Crippen molar-refractivity contribution in [1.82, 2.24) is 5.32 Å². The summed E-state index contributed by atoms with van der Waals surface area (Å²) in [5, 5.41) is 3.39. The first-order chi connectivity index (χ1) is 7.86. The van der Waals surface area contributed by atoms with Gasteiger partial charge in [-0.3, -0.25) is 0 Å². The molecule has 0 unspecified atom stereocenters. The van der Waals surface area contributed by atoms with Crippen molar-refractivity contribution in [2.24, 2.45) is 0 Å². The van der Waals surface area contributed by atoms with Crippen molar-refractivity contribution >= 4 is 12.4 Å². The van der Waals surface area contributed by atoms with Crippen LogP contribution >= 0.6 is 12.4 Å². The highest BCUT2D eigenvalue weighted by Crippen LogP contribution is 2.11. The van der Waals surface area contributed by atoms with Crippen molar-refractivity contribution in [3.05, 3.63) is 29.8 Å². The normalized spacial score (nSPS) is 9.18. The van der Waals surface area contributed by atoms with Crippen LogP contribution in [0.1, 0.15) is 25.3 Å². The van der Waals surface area contributed by atoms with Crippen molar-refractivity contribution in [1.29, 1.82) is 0 Å². The molecule has 0 amide bonds. The SMILES string of the molecule is C#CCOc1ccc(CNCCCC)cc1.Cl. The Hall–Kier alpha value is -1.17. The van der Waals surface area contributed by atoms with E-state index in [1.807, 2.05) is 12.1 Å². The number of hydrogen-bond acceptors (Lipinski definition) is 2. The number of terminal acetylenes is 1. The highest BCUT2D eigenvalue weighted by molar-refractivity contribution is 5.85. The Labute approximate surface area is 110 Å². The van der Waals surface area contributed by atoms with E-state index in [0.29, 0.717) is 6.61 Å². The Morgan fingerprint density at radius 2 is 2.00 bits per heavy atom. The fraction of sp³-hybridized carbons (Fsp3) is 0.429. The minimum absolute atomic E-state index is 0. The van der Waals surface area contributed by atoms with E-state index in [2.05, 4.69) is 30.3 Å². The summed E-state index contributed by atoms with van der Waals surface area (Å²) in [4.78, 5) is 0. The van der Waals surface area contributed by atoms with Crippen molar-refractivity contribution in [2.75, 3.05) is 13.2 Å². The summed E-state index contributed by atoms with van der Waals surface area (Å²) in [6.07, 6.45) is 7.57. The molecule has 1 aromatic rings. The lowest BCUT2D eigenvalue weighted by Gasteiger charge is -2.06. The number of benzene rings is 1. The summed E-state index contributed by atoms with van der Waals surface area (Å²) in [6.45, 7) is 4.51. The molecule has 1 aromatic carbocycles. The molecule has 0 spiro atoms. The summed E-state index contributed by atoms with van der Waals surface area (Å²) in [5.41, 5.74) is 1.27. The quantitative estimate of drug-likeness (QED) is 0.596. The second-order valence-corrected chi connectivity index (χ2v) is 3.67. The molecular weight excluding hydrogens is 234 g/mol. The predicted octanol–water partition coefficient (Wildman–Crippen LogP) is 3.01. The maximum absolute atomic E-state index is 5.30. The number of nitrogens with one attached hydrogen (secondary N) is 1. The number of rotatable bonds is 7. The van der Waals surface area contributed by atoms with Gasteiger partial charge in [-0.2, -0.15) is 0 Å². The molecule has 0 aliphatic rings. The Bertz CT molecular complexity index is 329. The molecule has 1 rings (SSSR count). The third-order valence-corrected chi connectivity index (χ3v) is 2.28. The summed E-state index contributed by atoms with van der Waals surface area (Å²) in [7, 11) is 0. The van der Waals surface area contributed by atoms with Crippen LogP contribution < -0.4 is 10.1 Å². The lowest BCUT2D eigenvalue weighted by atomic mass is 10.2. The lowest BCUT2D eigenvalue weighted by molar-refractivity contribution is 0.370. The second kappa shape index (κ2) is 10.0. The molecule has 1 N–H and O–H groups in total. The van der Waals surface area contributed by atoms with E-state index < -0.39 is 0 Å². The molecule has 0 aliphatic carbocycles. The van der Waals surface area contributed by atoms with Gasteiger partial charge in [0.15, 0.2) is 0 Å². The smallest absolute Gasteiger partial charge is 0.148 e. The minimum Gasteiger partial charge on any atom is -0.481 e. The van der Waals surface area contributed by atoms with Crippen LogP contribution in [0, 0.1) is 12.3 Å². The average molecular weight is 254 g/mol. The maximum atomic E-state index is 5.30. The third kappa shape index (κ3) is 6.88. The Morgan fingerprint density at radius 1 is 1.29 bits per heavy atom. The van der Waals surface area contributed by atoms with Crippen molar-refractivity contribution < 1.29 is 4.74 Å². The van der Waals surface area contributed by atoms with Crippen LogP contribution in [0.3, 0.4) is 0 Å². The van der Waals surface area contributed by atoms with Gasteiger partial charge < -0.3 is 10.1 Å². The van der Waals surface area contributed by atoms with Gasteiger partial charge in [-0.15, -0.1) is 18.8 Å². The zero-order valence-electron chi connectivity index (χ0n) is 10.2. The van der Waals surface area contributed by atoms with Gasteiger partial charge in [0, 0.05) is 6.54 Å². The second-order valence-electron chi connectivity index (χ2n) is 3.67. The standard InChI is InChI=1S/C14H19NO.ClH/c1-3-5-10-15-12-13-6-8-14(9-7-13)16-11-4-2;/h2,6-9,15H,3,5,10-12H2,1H3;1H. The molecule has 0 heterocycles. The van der Waals surface area contributed by atoms with Crippen LogP contribution in [0.5, 0.6) is 5.75 Å². The molecule has 0 saturated heterocycles. The van der Waals surface area contributed by atoms with Crippen LogP contribution in [0.25, 0.3) is 0 Å². The zero-order valence-corrected chi connectivity index (χ0v) is 11.1. The van der Waals surface area contributed by atoms with Crippen molar-refractivity contribution in [3.8, 4) is 18.1 Å². The molecule has 0 aliphatic heterocycles. The van der Waals surface area contributed by atoms with E-state index in [9.17, 15) is 0 Å². The molecule has 0 bridgehead atoms. The predicted molar refractivity (Wildman–Crippen MR) is 74.6 cm³/mol. The molecule has 3 heteroatoms. The van der Waals surface area contributed by atoms with Gasteiger partial charge in [-0.05, 0) is 30.7 Å². The number of ether oxygens (including phenoxy) is 1. The molecule has 17 heavy (non-hydrogen) atoms. The first-order valence-corrected chi connectivity index (χ1v) is 5.72. The van der Waals surface area contributed by atoms with Crippen LogP contribution in [-0.2, 0) is 6.54 Å². The van der Waals surface area contributed by atoms with Gasteiger partial charge in [0.2, 0.25) is 0 Å². The highest BCUT2D eigenvalue weighted by atomic mass is 35.5. The van der Waals surface area contributed by atoms with E-state index >= 15 is 0 Å². The summed E-state index contributed by atoms with van der Waals surface area (Å²) in [5.74, 6) is 3.27. The highest BCUT2D eigenvalue weighted by Gasteiger charge is 1.94. The lowest BCUT2D eigenvalue weighted by Crippen LogP contribution is -2.14. The summed E-state index contributed by atoms with van der Waals surface area (Å²) >= 11 is 0. The monoisotopic (exact) mass is 253 g/mol. The first kappa shape index (κ1) is 15.8. The minimum atomic E-state index is 0. The maximum Gasteiger partial charge on any atom is 0.148 e. The molecular formula is C14H20ClNO. The zero-order chi connectivity index (χ0) is 11.6. The number of unbranched alkanes of at least 4 members (excludes halogenated alkanes) is 1. The van der Waals surface area contributed by atoms with E-state index in [4.69, 9.17) is 11.2 Å². The molecule has 0 atom stereocenters. The topological polar surface area (TPSA) is 21.3 Å². The molecule has 94 valence electrons. The fourth-order valence-electron chi connectivity index (χ4n) is 1.36. The number of hydrogen-bond donors (Lipinski definition) is 1. The van der Waals surface area contributed by atoms with E-state index in [1.165, 1.54) is 18.4 Å². The Morgan fingerprint density at radius 3 is 2.59 bits per heavy atom. The fourth-order valence-corrected chi connectivity index (χ4v) is 1.36. The van der Waals surface area contributed by atoms with Gasteiger partial charge in [-0.25, -0.2) is 0 Å². The number of halogens is 1. The van der Waals surface area contributed by atoms with E-state index in [1.54, 1.807) is 0 Å². The summed E-state index contributed by atoms with van der Waals surface area (Å²) in [6, 6.07) is 8.03. The largest absolute Gasteiger partial charge is 0.481 e. The van der Waals surface area contributed by atoms with E-state index in [0.717, 1.165) is 18.8 Å². The van der Waals surface area contributed by atoms with Crippen LogP contribution in [0.15, 0.2) is 24.3 Å². The van der Waals surface area contributed by atoms with Crippen molar-refractivity contribution in [2.45, 2.75) is 26.3 Å². The van der Waals surface area contributed by atoms with Gasteiger partial charge in [0.25, 0.3) is 0 Å². The molecule has 0 aromatic heterocycles. The van der Waals surface area contributed by atoms with Gasteiger partial charge >= 0.3 is 0 Å². The van der Waals surface area contributed by atoms with Crippen LogP contribution in [-0.4, -0.2) is 13.2 Å². The van der Waals surface area contributed by atoms with Gasteiger partial charge in [0.05, 0.1) is 0 Å². The first-order valence-electron chi connectivity index (χ1n) is 5.72. The van der Waals surface area contributed by atoms with E-state index in [-0.39, 0.29) is 12.4 Å². The van der Waals surface area contributed by atoms with Crippen LogP contribution in [0.4, 0.5) is 0 Å². The molecule has 0 saturated carbocycles. The average Bonchev–Trinajstić information content (AvgIpc) is 2.33. The summed E-state index contributed by atoms with van der Waals surface area (Å²) < 4.78 is 5.30. The third-order valence-electron chi connectivity index (χ3n) is 2.28. The van der Waals surface area contributed by atoms with Crippen LogP contribution in [0.2, 0.25) is 0 Å². The molecule has 0 fully saturated rings. The van der Waals surface area contributed by atoms with Gasteiger partial charge in [0.1, 0.15) is 12.4 Å².